The van der Waals surface area contributed by atoms with E-state index in [-0.39, 0.29) is 18.0 Å². The zero-order valence-electron chi connectivity index (χ0n) is 16.7. The maximum Gasteiger partial charge on any atom is 0.287 e. The third kappa shape index (κ3) is 4.78. The molecule has 2 heterocycles. The first-order valence-electron chi connectivity index (χ1n) is 9.50. The smallest absolute Gasteiger partial charge is 0.287 e. The van der Waals surface area contributed by atoms with Gasteiger partial charge in [0.15, 0.2) is 0 Å². The Kier molecular flexibility index (Phi) is 5.75. The molecule has 4 aromatic rings. The number of carbonyl (C=O) groups is 2. The fourth-order valence-electron chi connectivity index (χ4n) is 2.96. The van der Waals surface area contributed by atoms with Crippen molar-refractivity contribution in [1.82, 2.24) is 30.8 Å². The largest absolute Gasteiger partial charge is 0.497 e. The van der Waals surface area contributed by atoms with Crippen molar-refractivity contribution >= 4 is 11.8 Å². The van der Waals surface area contributed by atoms with Crippen LogP contribution in [0.3, 0.4) is 0 Å². The number of nitrogens with one attached hydrogen (secondary N) is 3. The number of hydrazine groups is 1. The van der Waals surface area contributed by atoms with E-state index in [1.54, 1.807) is 24.1 Å². The van der Waals surface area contributed by atoms with Gasteiger partial charge in [0.25, 0.3) is 5.91 Å². The van der Waals surface area contributed by atoms with Gasteiger partial charge in [-0.25, -0.2) is 4.68 Å². The first-order chi connectivity index (χ1) is 15.1. The van der Waals surface area contributed by atoms with Gasteiger partial charge in [-0.2, -0.15) is 10.2 Å². The summed E-state index contributed by atoms with van der Waals surface area (Å²) in [7, 11) is 1.59. The van der Waals surface area contributed by atoms with E-state index in [0.717, 1.165) is 22.6 Å². The van der Waals surface area contributed by atoms with Crippen LogP contribution in [0.5, 0.6) is 5.75 Å². The number of aromatic amines is 1. The van der Waals surface area contributed by atoms with Crippen LogP contribution in [0, 0.1) is 0 Å². The summed E-state index contributed by atoms with van der Waals surface area (Å²) >= 11 is 0. The van der Waals surface area contributed by atoms with Crippen molar-refractivity contribution in [3.8, 4) is 22.7 Å². The third-order valence-corrected chi connectivity index (χ3v) is 4.59. The topological polar surface area (TPSA) is 114 Å². The maximum atomic E-state index is 12.3. The van der Waals surface area contributed by atoms with E-state index in [9.17, 15) is 9.59 Å². The van der Waals surface area contributed by atoms with Gasteiger partial charge >= 0.3 is 0 Å². The van der Waals surface area contributed by atoms with Crippen molar-refractivity contribution < 1.29 is 14.3 Å². The van der Waals surface area contributed by atoms with Gasteiger partial charge in [0.05, 0.1) is 24.9 Å². The number of rotatable bonds is 6. The van der Waals surface area contributed by atoms with Gasteiger partial charge in [0.1, 0.15) is 11.4 Å². The number of benzene rings is 2. The van der Waals surface area contributed by atoms with E-state index < -0.39 is 5.91 Å². The van der Waals surface area contributed by atoms with Gasteiger partial charge in [-0.15, -0.1) is 0 Å². The van der Waals surface area contributed by atoms with Crippen molar-refractivity contribution in [2.24, 2.45) is 0 Å². The molecule has 9 heteroatoms. The van der Waals surface area contributed by atoms with Crippen molar-refractivity contribution in [2.45, 2.75) is 6.42 Å². The first-order valence-corrected chi connectivity index (χ1v) is 9.50. The molecule has 0 atom stereocenters. The van der Waals surface area contributed by atoms with E-state index in [4.69, 9.17) is 4.74 Å². The molecule has 0 radical (unpaired) electrons. The van der Waals surface area contributed by atoms with Crippen molar-refractivity contribution in [3.05, 3.63) is 84.3 Å². The second-order valence-corrected chi connectivity index (χ2v) is 6.69. The van der Waals surface area contributed by atoms with Gasteiger partial charge in [-0.3, -0.25) is 25.5 Å². The molecular weight excluding hydrogens is 396 g/mol. The summed E-state index contributed by atoms with van der Waals surface area (Å²) in [5.41, 5.74) is 8.19. The van der Waals surface area contributed by atoms with E-state index in [1.165, 1.54) is 0 Å². The predicted molar refractivity (Wildman–Crippen MR) is 113 cm³/mol. The van der Waals surface area contributed by atoms with E-state index in [0.29, 0.717) is 5.69 Å². The molecule has 2 aromatic heterocycles. The number of hydrogen-bond acceptors (Lipinski definition) is 5. The Morgan fingerprint density at radius 1 is 1.06 bits per heavy atom. The summed E-state index contributed by atoms with van der Waals surface area (Å²) in [6.07, 6.45) is 3.66. The summed E-state index contributed by atoms with van der Waals surface area (Å²) in [6.45, 7) is 0. The lowest BCUT2D eigenvalue weighted by Crippen LogP contribution is -2.42. The number of nitrogens with zero attached hydrogens (tertiary/aromatic N) is 3. The molecule has 0 unspecified atom stereocenters. The molecule has 9 nitrogen and oxygen atoms in total. The fraction of sp³-hybridized carbons (Fsp3) is 0.0909. The van der Waals surface area contributed by atoms with Crippen molar-refractivity contribution in [3.63, 3.8) is 0 Å². The average Bonchev–Trinajstić information content (AvgIpc) is 3.51. The number of aromatic nitrogens is 4. The van der Waals surface area contributed by atoms with E-state index in [2.05, 4.69) is 26.1 Å². The Labute approximate surface area is 178 Å². The fourth-order valence-corrected chi connectivity index (χ4v) is 2.96. The summed E-state index contributed by atoms with van der Waals surface area (Å²) in [5, 5.41) is 11.0. The monoisotopic (exact) mass is 416 g/mol. The van der Waals surface area contributed by atoms with Crippen LogP contribution in [0.4, 0.5) is 0 Å². The highest BCUT2D eigenvalue weighted by Crippen LogP contribution is 2.21. The van der Waals surface area contributed by atoms with Gasteiger partial charge in [-0.05, 0) is 54.1 Å². The zero-order valence-corrected chi connectivity index (χ0v) is 16.7. The molecule has 156 valence electrons. The molecule has 0 saturated heterocycles. The molecule has 2 amide bonds. The number of methoxy groups -OCH3 is 1. The lowest BCUT2D eigenvalue weighted by atomic mass is 10.1. The number of carbonyl (C=O) groups excluding carboxylic acids is 2. The third-order valence-electron chi connectivity index (χ3n) is 4.59. The Bertz CT molecular complexity index is 1160. The summed E-state index contributed by atoms with van der Waals surface area (Å²) < 4.78 is 6.86. The number of H-pyrrole nitrogens is 1. The summed E-state index contributed by atoms with van der Waals surface area (Å²) in [5.74, 6) is -0.0966. The molecule has 0 aliphatic carbocycles. The molecule has 0 saturated carbocycles. The zero-order chi connectivity index (χ0) is 21.6. The normalized spacial score (nSPS) is 10.5. The molecule has 2 aromatic carbocycles. The standard InChI is InChI=1S/C22H20N6O3/c1-31-18-9-5-16(6-10-18)19-14-20(25-24-19)22(30)27-26-21(29)13-15-3-7-17(8-4-15)28-12-2-11-23-28/h2-12,14H,13H2,1H3,(H,24,25)(H,26,29)(H,27,30). The van der Waals surface area contributed by atoms with Crippen LogP contribution in [-0.4, -0.2) is 38.9 Å². The van der Waals surface area contributed by atoms with Crippen LogP contribution < -0.4 is 15.6 Å². The minimum atomic E-state index is -0.491. The second-order valence-electron chi connectivity index (χ2n) is 6.69. The van der Waals surface area contributed by atoms with Crippen LogP contribution in [0.15, 0.2) is 73.1 Å². The number of ether oxygens (including phenoxy) is 1. The lowest BCUT2D eigenvalue weighted by molar-refractivity contribution is -0.121. The van der Waals surface area contributed by atoms with Crippen molar-refractivity contribution in [1.29, 1.82) is 0 Å². The van der Waals surface area contributed by atoms with Gasteiger partial charge in [0.2, 0.25) is 5.91 Å². The van der Waals surface area contributed by atoms with Gasteiger partial charge < -0.3 is 4.74 Å². The molecule has 31 heavy (non-hydrogen) atoms. The summed E-state index contributed by atoms with van der Waals surface area (Å²) in [6, 6.07) is 18.2. The van der Waals surface area contributed by atoms with Crippen LogP contribution in [0.25, 0.3) is 16.9 Å². The summed E-state index contributed by atoms with van der Waals surface area (Å²) in [4.78, 5) is 24.5. The van der Waals surface area contributed by atoms with Crippen molar-refractivity contribution in [2.75, 3.05) is 7.11 Å². The Balaban J connectivity index is 1.30. The second kappa shape index (κ2) is 8.95. The molecule has 4 rings (SSSR count). The quantitative estimate of drug-likeness (QED) is 0.417. The first kappa shape index (κ1) is 19.9. The van der Waals surface area contributed by atoms with Crippen LogP contribution in [0.1, 0.15) is 16.1 Å². The highest BCUT2D eigenvalue weighted by atomic mass is 16.5. The molecule has 0 bridgehead atoms. The molecule has 0 spiro atoms. The highest BCUT2D eigenvalue weighted by molar-refractivity contribution is 5.94. The van der Waals surface area contributed by atoms with Gasteiger partial charge in [0, 0.05) is 18.0 Å². The molecular formula is C22H20N6O3. The van der Waals surface area contributed by atoms with Gasteiger partial charge in [-0.1, -0.05) is 12.1 Å². The predicted octanol–water partition coefficient (Wildman–Crippen LogP) is 2.27. The van der Waals surface area contributed by atoms with Crippen LogP contribution >= 0.6 is 0 Å². The minimum absolute atomic E-state index is 0.125. The molecule has 0 aliphatic rings. The SMILES string of the molecule is COc1ccc(-c2cc(C(=O)NNC(=O)Cc3ccc(-n4cccn4)cc3)[nH]n2)cc1. The average molecular weight is 416 g/mol. The van der Waals surface area contributed by atoms with E-state index >= 15 is 0 Å². The Morgan fingerprint density at radius 3 is 2.52 bits per heavy atom. The highest BCUT2D eigenvalue weighted by Gasteiger charge is 2.12. The Hall–Kier alpha value is -4.40. The molecule has 0 fully saturated rings. The van der Waals surface area contributed by atoms with Crippen LogP contribution in [0.2, 0.25) is 0 Å². The van der Waals surface area contributed by atoms with E-state index in [1.807, 2.05) is 60.8 Å². The number of amides is 2. The number of hydrogen-bond donors (Lipinski definition) is 3. The van der Waals surface area contributed by atoms with Crippen LogP contribution in [-0.2, 0) is 11.2 Å². The molecule has 3 N–H and O–H groups in total. The maximum absolute atomic E-state index is 12.3. The minimum Gasteiger partial charge on any atom is -0.497 e. The Morgan fingerprint density at radius 2 is 1.84 bits per heavy atom. The molecule has 0 aliphatic heterocycles. The lowest BCUT2D eigenvalue weighted by Gasteiger charge is -2.07.